The van der Waals surface area contributed by atoms with Gasteiger partial charge >= 0.3 is 5.97 Å². The van der Waals surface area contributed by atoms with Gasteiger partial charge in [0.25, 0.3) is 5.91 Å². The van der Waals surface area contributed by atoms with Crippen LogP contribution in [0.3, 0.4) is 0 Å². The molecule has 1 fully saturated rings. The maximum Gasteiger partial charge on any atom is 0.338 e. The van der Waals surface area contributed by atoms with Gasteiger partial charge < -0.3 is 14.8 Å². The van der Waals surface area contributed by atoms with E-state index < -0.39 is 28.4 Å². The first-order valence-corrected chi connectivity index (χ1v) is 11.7. The van der Waals surface area contributed by atoms with Crippen molar-refractivity contribution in [2.45, 2.75) is 24.2 Å². The van der Waals surface area contributed by atoms with Gasteiger partial charge in [0.2, 0.25) is 10.0 Å². The zero-order chi connectivity index (χ0) is 22.7. The van der Waals surface area contributed by atoms with E-state index >= 15 is 0 Å². The van der Waals surface area contributed by atoms with Gasteiger partial charge in [-0.25, -0.2) is 13.2 Å². The Morgan fingerprint density at radius 2 is 1.81 bits per heavy atom. The molecule has 2 aliphatic rings. The van der Waals surface area contributed by atoms with Gasteiger partial charge in [0, 0.05) is 18.7 Å². The smallest absolute Gasteiger partial charge is 0.338 e. The summed E-state index contributed by atoms with van der Waals surface area (Å²) in [6.45, 7) is 0.287. The van der Waals surface area contributed by atoms with Crippen LogP contribution in [0.25, 0.3) is 0 Å². The molecule has 0 atom stereocenters. The highest BCUT2D eigenvalue weighted by molar-refractivity contribution is 7.89. The van der Waals surface area contributed by atoms with Gasteiger partial charge in [0.05, 0.1) is 16.1 Å². The Morgan fingerprint density at radius 1 is 1.03 bits per heavy atom. The molecule has 0 aliphatic carbocycles. The highest BCUT2D eigenvalue weighted by atomic mass is 32.2. The summed E-state index contributed by atoms with van der Waals surface area (Å²) in [5, 5.41) is 2.61. The molecule has 2 aliphatic heterocycles. The molecule has 2 aromatic rings. The van der Waals surface area contributed by atoms with Gasteiger partial charge in [-0.15, -0.1) is 0 Å². The number of carbonyl (C=O) groups excluding carboxylic acids is 3. The fourth-order valence-electron chi connectivity index (χ4n) is 3.59. The molecule has 1 amide bonds. The molecule has 10 heteroatoms. The largest absolute Gasteiger partial charge is 0.482 e. The van der Waals surface area contributed by atoms with E-state index in [2.05, 4.69) is 5.32 Å². The Bertz CT molecular complexity index is 1170. The zero-order valence-electron chi connectivity index (χ0n) is 17.2. The van der Waals surface area contributed by atoms with E-state index in [1.807, 2.05) is 0 Å². The summed E-state index contributed by atoms with van der Waals surface area (Å²) in [7, 11) is -3.69. The first kappa shape index (κ1) is 22.0. The number of hydrogen-bond donors (Lipinski definition) is 1. The van der Waals surface area contributed by atoms with Crippen molar-refractivity contribution in [1.82, 2.24) is 4.31 Å². The molecule has 168 valence electrons. The van der Waals surface area contributed by atoms with Gasteiger partial charge in [-0.2, -0.15) is 4.31 Å². The standard InChI is InChI=1S/C22H22N2O7S/c25-19(15-7-8-20-18(12-15)23-21(26)14-30-20)13-31-22(27)16-5-4-6-17(11-16)32(28,29)24-9-2-1-3-10-24/h4-8,11-12H,1-3,9-10,13-14H2,(H,23,26). The number of rotatable bonds is 6. The minimum Gasteiger partial charge on any atom is -0.482 e. The number of piperidine rings is 1. The molecule has 4 rings (SSSR count). The number of ether oxygens (including phenoxy) is 2. The van der Waals surface area contributed by atoms with E-state index in [1.165, 1.54) is 40.7 Å². The van der Waals surface area contributed by atoms with Crippen LogP contribution in [-0.2, 0) is 19.6 Å². The molecule has 1 N–H and O–H groups in total. The summed E-state index contributed by atoms with van der Waals surface area (Å²) >= 11 is 0. The highest BCUT2D eigenvalue weighted by Crippen LogP contribution is 2.28. The Balaban J connectivity index is 1.42. The second-order valence-corrected chi connectivity index (χ2v) is 9.48. The molecule has 0 unspecified atom stereocenters. The van der Waals surface area contributed by atoms with Gasteiger partial charge in [-0.05, 0) is 49.2 Å². The molecule has 0 spiro atoms. The van der Waals surface area contributed by atoms with Crippen molar-refractivity contribution in [3.05, 3.63) is 53.6 Å². The van der Waals surface area contributed by atoms with Crippen molar-refractivity contribution in [2.24, 2.45) is 0 Å². The number of Topliss-reactive ketones (excluding diaryl/α,β-unsaturated/α-hetero) is 1. The fourth-order valence-corrected chi connectivity index (χ4v) is 5.16. The SMILES string of the molecule is O=C1COc2ccc(C(=O)COC(=O)c3cccc(S(=O)(=O)N4CCCCC4)c3)cc2N1. The van der Waals surface area contributed by atoms with Crippen LogP contribution in [0, 0.1) is 0 Å². The molecule has 2 aromatic carbocycles. The quantitative estimate of drug-likeness (QED) is 0.521. The van der Waals surface area contributed by atoms with E-state index in [0.717, 1.165) is 19.3 Å². The lowest BCUT2D eigenvalue weighted by molar-refractivity contribution is -0.118. The molecular weight excluding hydrogens is 436 g/mol. The Hall–Kier alpha value is -3.24. The van der Waals surface area contributed by atoms with Crippen molar-refractivity contribution in [1.29, 1.82) is 0 Å². The van der Waals surface area contributed by atoms with Crippen LogP contribution in [0.2, 0.25) is 0 Å². The summed E-state index contributed by atoms with van der Waals surface area (Å²) in [6, 6.07) is 10.1. The van der Waals surface area contributed by atoms with Crippen molar-refractivity contribution < 1.29 is 32.3 Å². The van der Waals surface area contributed by atoms with Crippen LogP contribution in [0.1, 0.15) is 40.0 Å². The predicted octanol–water partition coefficient (Wildman–Crippen LogP) is 2.23. The number of nitrogens with one attached hydrogen (secondary N) is 1. The number of amides is 1. The highest BCUT2D eigenvalue weighted by Gasteiger charge is 2.27. The van der Waals surface area contributed by atoms with Crippen LogP contribution in [-0.4, -0.2) is 56.7 Å². The van der Waals surface area contributed by atoms with Crippen molar-refractivity contribution in [3.8, 4) is 5.75 Å². The average molecular weight is 458 g/mol. The molecular formula is C22H22N2O7S. The number of fused-ring (bicyclic) bond motifs is 1. The fraction of sp³-hybridized carbons (Fsp3) is 0.318. The van der Waals surface area contributed by atoms with Crippen molar-refractivity contribution in [3.63, 3.8) is 0 Å². The van der Waals surface area contributed by atoms with Gasteiger partial charge in [-0.1, -0.05) is 12.5 Å². The second kappa shape index (κ2) is 9.09. The lowest BCUT2D eigenvalue weighted by atomic mass is 10.1. The van der Waals surface area contributed by atoms with E-state index in [4.69, 9.17) is 9.47 Å². The lowest BCUT2D eigenvalue weighted by Gasteiger charge is -2.25. The van der Waals surface area contributed by atoms with Crippen LogP contribution in [0.4, 0.5) is 5.69 Å². The number of anilines is 1. The van der Waals surface area contributed by atoms with Gasteiger partial charge in [0.15, 0.2) is 19.0 Å². The normalized spacial score (nSPS) is 16.4. The number of esters is 1. The maximum absolute atomic E-state index is 12.8. The Morgan fingerprint density at radius 3 is 2.59 bits per heavy atom. The zero-order valence-corrected chi connectivity index (χ0v) is 18.0. The third-order valence-electron chi connectivity index (χ3n) is 5.29. The molecule has 2 heterocycles. The van der Waals surface area contributed by atoms with Crippen LogP contribution in [0.5, 0.6) is 5.75 Å². The molecule has 0 radical (unpaired) electrons. The minimum absolute atomic E-state index is 0.0191. The third kappa shape index (κ3) is 4.66. The molecule has 0 bridgehead atoms. The third-order valence-corrected chi connectivity index (χ3v) is 7.19. The number of ketones is 1. The van der Waals surface area contributed by atoms with Crippen LogP contribution in [0.15, 0.2) is 47.4 Å². The summed E-state index contributed by atoms with van der Waals surface area (Å²) in [5.74, 6) is -1.15. The first-order valence-electron chi connectivity index (χ1n) is 10.2. The summed E-state index contributed by atoms with van der Waals surface area (Å²) < 4.78 is 37.4. The Labute approximate surface area is 185 Å². The van der Waals surface area contributed by atoms with E-state index in [1.54, 1.807) is 6.07 Å². The summed E-state index contributed by atoms with van der Waals surface area (Å²) in [6.07, 6.45) is 2.61. The predicted molar refractivity (Wildman–Crippen MR) is 114 cm³/mol. The van der Waals surface area contributed by atoms with E-state index in [-0.39, 0.29) is 28.5 Å². The van der Waals surface area contributed by atoms with Crippen molar-refractivity contribution in [2.75, 3.05) is 31.6 Å². The van der Waals surface area contributed by atoms with E-state index in [0.29, 0.717) is 24.5 Å². The van der Waals surface area contributed by atoms with E-state index in [9.17, 15) is 22.8 Å². The summed E-state index contributed by atoms with van der Waals surface area (Å²) in [4.78, 5) is 36.4. The Kier molecular flexibility index (Phi) is 6.24. The van der Waals surface area contributed by atoms with Gasteiger partial charge in [-0.3, -0.25) is 9.59 Å². The van der Waals surface area contributed by atoms with Gasteiger partial charge in [0.1, 0.15) is 5.75 Å². The number of nitrogens with zero attached hydrogens (tertiary/aromatic N) is 1. The molecule has 32 heavy (non-hydrogen) atoms. The number of carbonyl (C=O) groups is 3. The number of benzene rings is 2. The molecule has 9 nitrogen and oxygen atoms in total. The van der Waals surface area contributed by atoms with Crippen LogP contribution < -0.4 is 10.1 Å². The maximum atomic E-state index is 12.8. The van der Waals surface area contributed by atoms with Crippen molar-refractivity contribution >= 4 is 33.4 Å². The summed E-state index contributed by atoms with van der Waals surface area (Å²) in [5.41, 5.74) is 0.653. The monoisotopic (exact) mass is 458 g/mol. The second-order valence-electron chi connectivity index (χ2n) is 7.54. The van der Waals surface area contributed by atoms with Crippen LogP contribution >= 0.6 is 0 Å². The molecule has 1 saturated heterocycles. The lowest BCUT2D eigenvalue weighted by Crippen LogP contribution is -2.35. The number of sulfonamides is 1. The molecule has 0 aromatic heterocycles. The molecule has 0 saturated carbocycles. The topological polar surface area (TPSA) is 119 Å². The minimum atomic E-state index is -3.69. The average Bonchev–Trinajstić information content (AvgIpc) is 2.82. The first-order chi connectivity index (χ1) is 15.3. The number of hydrogen-bond acceptors (Lipinski definition) is 7.